The molecule has 0 spiro atoms. The van der Waals surface area contributed by atoms with E-state index in [1.165, 1.54) is 24.0 Å². The standard InChI is InChI=1S/C15H22F2O.C11H16N2.CH4N2/c1-4-12-6-7-13(9-14(12)10-18-3)11(2)5-8-15(16)17;1-8(10-4-5-10)9(2)11-12-6-3-7-13-11;1-3-2/h6-7,9,11,15H,4-5,8,10H2,1-3H3;3,6-10H,4-5H2,1-2H3;1-2H2/t;8-,9?;/m.0./s1. The number of alkyl halides is 2. The monoisotopic (exact) mass is 476 g/mol. The number of hydrazone groups is 1. The van der Waals surface area contributed by atoms with E-state index in [-0.39, 0.29) is 12.3 Å². The van der Waals surface area contributed by atoms with Crippen LogP contribution in [-0.2, 0) is 17.8 Å². The van der Waals surface area contributed by atoms with Crippen molar-refractivity contribution in [2.24, 2.45) is 22.8 Å². The van der Waals surface area contributed by atoms with E-state index in [9.17, 15) is 8.78 Å². The molecule has 3 atom stereocenters. The summed E-state index contributed by atoms with van der Waals surface area (Å²) in [6, 6.07) is 8.10. The third-order valence-corrected chi connectivity index (χ3v) is 6.45. The Morgan fingerprint density at radius 3 is 2.24 bits per heavy atom. The number of methoxy groups -OCH3 is 1. The van der Waals surface area contributed by atoms with E-state index in [4.69, 9.17) is 4.74 Å². The van der Waals surface area contributed by atoms with Crippen molar-refractivity contribution < 1.29 is 13.5 Å². The molecule has 2 N–H and O–H groups in total. The van der Waals surface area contributed by atoms with Crippen LogP contribution in [0.4, 0.5) is 8.78 Å². The van der Waals surface area contributed by atoms with Crippen molar-refractivity contribution in [3.05, 3.63) is 59.2 Å². The second-order valence-electron chi connectivity index (χ2n) is 8.96. The highest BCUT2D eigenvalue weighted by molar-refractivity contribution is 5.33. The lowest BCUT2D eigenvalue weighted by Gasteiger charge is -2.17. The molecule has 5 nitrogen and oxygen atoms in total. The third-order valence-electron chi connectivity index (χ3n) is 6.45. The summed E-state index contributed by atoms with van der Waals surface area (Å²) in [6.07, 6.45) is 5.71. The van der Waals surface area contributed by atoms with Gasteiger partial charge in [-0.1, -0.05) is 45.9 Å². The Morgan fingerprint density at radius 2 is 1.74 bits per heavy atom. The molecule has 190 valence electrons. The SMILES string of the molecule is C=NN.CC(c1ncccn1)[C@H](C)C1CC1.CCc1ccc(C(C)CCC(F)F)cc1COC. The van der Waals surface area contributed by atoms with Crippen molar-refractivity contribution in [3.8, 4) is 0 Å². The van der Waals surface area contributed by atoms with Crippen molar-refractivity contribution in [2.45, 2.75) is 84.7 Å². The van der Waals surface area contributed by atoms with E-state index >= 15 is 0 Å². The van der Waals surface area contributed by atoms with Crippen LogP contribution < -0.4 is 5.84 Å². The van der Waals surface area contributed by atoms with E-state index in [0.29, 0.717) is 18.9 Å². The first kappa shape index (κ1) is 29.6. The molecule has 1 aromatic carbocycles. The Kier molecular flexibility index (Phi) is 14.2. The molecule has 0 radical (unpaired) electrons. The van der Waals surface area contributed by atoms with Crippen molar-refractivity contribution >= 4 is 6.72 Å². The molecule has 1 heterocycles. The molecule has 0 amide bonds. The molecule has 0 aliphatic heterocycles. The molecule has 1 saturated carbocycles. The predicted octanol–water partition coefficient (Wildman–Crippen LogP) is 6.73. The normalized spacial score (nSPS) is 15.3. The summed E-state index contributed by atoms with van der Waals surface area (Å²) < 4.78 is 29.6. The highest BCUT2D eigenvalue weighted by atomic mass is 19.3. The van der Waals surface area contributed by atoms with Crippen LogP contribution in [0.5, 0.6) is 0 Å². The van der Waals surface area contributed by atoms with Gasteiger partial charge in [-0.2, -0.15) is 5.10 Å². The second kappa shape index (κ2) is 16.3. The average Bonchev–Trinajstić information content (AvgIpc) is 3.69. The molecule has 0 saturated heterocycles. The lowest BCUT2D eigenvalue weighted by molar-refractivity contribution is 0.132. The largest absolute Gasteiger partial charge is 0.380 e. The molecular formula is C27H42F2N4O. The highest BCUT2D eigenvalue weighted by Crippen LogP contribution is 2.42. The molecule has 1 aliphatic carbocycles. The molecule has 3 rings (SSSR count). The fourth-order valence-corrected chi connectivity index (χ4v) is 3.94. The minimum atomic E-state index is -2.21. The van der Waals surface area contributed by atoms with Crippen molar-refractivity contribution in [2.75, 3.05) is 7.11 Å². The van der Waals surface area contributed by atoms with Gasteiger partial charge >= 0.3 is 0 Å². The van der Waals surface area contributed by atoms with E-state index < -0.39 is 6.43 Å². The molecule has 1 fully saturated rings. The fourth-order valence-electron chi connectivity index (χ4n) is 3.94. The minimum absolute atomic E-state index is 0.0314. The molecule has 1 aliphatic rings. The molecule has 34 heavy (non-hydrogen) atoms. The number of ether oxygens (including phenoxy) is 1. The van der Waals surface area contributed by atoms with E-state index in [2.05, 4.69) is 60.5 Å². The average molecular weight is 477 g/mol. The molecule has 2 aromatic rings. The van der Waals surface area contributed by atoms with Gasteiger partial charge in [-0.15, -0.1) is 0 Å². The number of benzene rings is 1. The number of aryl methyl sites for hydroxylation is 1. The van der Waals surface area contributed by atoms with Crippen LogP contribution in [0.3, 0.4) is 0 Å². The summed E-state index contributed by atoms with van der Waals surface area (Å²) in [4.78, 5) is 8.60. The topological polar surface area (TPSA) is 73.4 Å². The van der Waals surface area contributed by atoms with Crippen molar-refractivity contribution in [1.82, 2.24) is 9.97 Å². The number of hydrogen-bond donors (Lipinski definition) is 1. The van der Waals surface area contributed by atoms with Gasteiger partial charge < -0.3 is 10.6 Å². The summed E-state index contributed by atoms with van der Waals surface area (Å²) in [7, 11) is 1.67. The Hall–Kier alpha value is -2.41. The maximum atomic E-state index is 12.2. The summed E-state index contributed by atoms with van der Waals surface area (Å²) in [5.41, 5.74) is 3.56. The number of rotatable bonds is 10. The first-order chi connectivity index (χ1) is 16.3. The Morgan fingerprint density at radius 1 is 1.12 bits per heavy atom. The van der Waals surface area contributed by atoms with Crippen molar-refractivity contribution in [1.29, 1.82) is 0 Å². The number of halogens is 2. The number of hydrogen-bond acceptors (Lipinski definition) is 5. The molecule has 2 unspecified atom stereocenters. The van der Waals surface area contributed by atoms with Gasteiger partial charge in [0.2, 0.25) is 6.43 Å². The third kappa shape index (κ3) is 10.7. The maximum Gasteiger partial charge on any atom is 0.238 e. The van der Waals surface area contributed by atoms with Gasteiger partial charge in [-0.3, -0.25) is 0 Å². The van der Waals surface area contributed by atoms with Crippen molar-refractivity contribution in [3.63, 3.8) is 0 Å². The van der Waals surface area contributed by atoms with Crippen LogP contribution in [0, 0.1) is 11.8 Å². The first-order valence-electron chi connectivity index (χ1n) is 12.1. The Labute approximate surface area is 204 Å². The van der Waals surface area contributed by atoms with Gasteiger partial charge in [0.15, 0.2) is 0 Å². The van der Waals surface area contributed by atoms with Gasteiger partial charge in [0.1, 0.15) is 5.82 Å². The second-order valence-corrected chi connectivity index (χ2v) is 8.96. The zero-order valence-corrected chi connectivity index (χ0v) is 21.4. The lowest BCUT2D eigenvalue weighted by Crippen LogP contribution is -2.11. The van der Waals surface area contributed by atoms with Gasteiger partial charge in [0.05, 0.1) is 6.61 Å². The van der Waals surface area contributed by atoms with Crippen LogP contribution >= 0.6 is 0 Å². The Bertz CT molecular complexity index is 816. The van der Waals surface area contributed by atoms with E-state index in [0.717, 1.165) is 29.6 Å². The number of nitrogens with two attached hydrogens (primary N) is 1. The Balaban J connectivity index is 0.000000316. The summed E-state index contributed by atoms with van der Waals surface area (Å²) in [6.45, 7) is 12.1. The molecular weight excluding hydrogens is 434 g/mol. The summed E-state index contributed by atoms with van der Waals surface area (Å²) in [5.74, 6) is 7.71. The lowest BCUT2D eigenvalue weighted by atomic mass is 9.91. The van der Waals surface area contributed by atoms with Gasteiger partial charge in [-0.25, -0.2) is 18.7 Å². The zero-order chi connectivity index (χ0) is 25.5. The van der Waals surface area contributed by atoms with Gasteiger partial charge in [0.25, 0.3) is 0 Å². The maximum absolute atomic E-state index is 12.2. The van der Waals surface area contributed by atoms with Crippen LogP contribution in [0.15, 0.2) is 41.8 Å². The van der Waals surface area contributed by atoms with E-state index in [1.54, 1.807) is 7.11 Å². The highest BCUT2D eigenvalue weighted by Gasteiger charge is 2.32. The fraction of sp³-hybridized carbons (Fsp3) is 0.593. The van der Waals surface area contributed by atoms with Crippen LogP contribution in [0.1, 0.15) is 87.7 Å². The first-order valence-corrected chi connectivity index (χ1v) is 12.1. The minimum Gasteiger partial charge on any atom is -0.380 e. The summed E-state index contributed by atoms with van der Waals surface area (Å²) >= 11 is 0. The van der Waals surface area contributed by atoms with Gasteiger partial charge in [-0.05, 0) is 66.2 Å². The summed E-state index contributed by atoms with van der Waals surface area (Å²) in [5, 5.41) is 2.75. The predicted molar refractivity (Wildman–Crippen MR) is 136 cm³/mol. The van der Waals surface area contributed by atoms with Crippen LogP contribution in [0.2, 0.25) is 0 Å². The zero-order valence-electron chi connectivity index (χ0n) is 21.4. The van der Waals surface area contributed by atoms with Gasteiger partial charge in [0, 0.05) is 38.6 Å². The van der Waals surface area contributed by atoms with E-state index in [1.807, 2.05) is 31.5 Å². The molecule has 7 heteroatoms. The van der Waals surface area contributed by atoms with Crippen LogP contribution in [0.25, 0.3) is 0 Å². The smallest absolute Gasteiger partial charge is 0.238 e. The number of aromatic nitrogens is 2. The van der Waals surface area contributed by atoms with Crippen LogP contribution in [-0.4, -0.2) is 30.2 Å². The quantitative estimate of drug-likeness (QED) is 0.234. The molecule has 0 bridgehead atoms. The molecule has 1 aromatic heterocycles. The number of nitrogens with zero attached hydrogens (tertiary/aromatic N) is 3.